The Morgan fingerprint density at radius 3 is 2.60 bits per heavy atom. The number of hydrogen-bond acceptors (Lipinski definition) is 4. The molecular formula is C14H20N2O2S2. The lowest BCUT2D eigenvalue weighted by Crippen LogP contribution is -2.31. The van der Waals surface area contributed by atoms with Crippen molar-refractivity contribution in [2.45, 2.75) is 38.3 Å². The van der Waals surface area contributed by atoms with Gasteiger partial charge in [-0.15, -0.1) is 11.3 Å². The third kappa shape index (κ3) is 3.20. The Bertz CT molecular complexity index is 690. The average Bonchev–Trinajstić information content (AvgIpc) is 2.73. The molecule has 0 radical (unpaired) electrons. The van der Waals surface area contributed by atoms with Crippen LogP contribution in [0.15, 0.2) is 29.2 Å². The minimum Gasteiger partial charge on any atom is -0.312 e. The summed E-state index contributed by atoms with van der Waals surface area (Å²) in [5, 5.41) is 4.01. The van der Waals surface area contributed by atoms with Gasteiger partial charge in [0.1, 0.15) is 4.90 Å². The first kappa shape index (κ1) is 15.4. The fourth-order valence-corrected chi connectivity index (χ4v) is 5.26. The van der Waals surface area contributed by atoms with E-state index in [1.165, 1.54) is 11.3 Å². The van der Waals surface area contributed by atoms with Crippen LogP contribution in [-0.2, 0) is 16.6 Å². The molecule has 0 saturated carbocycles. The maximum Gasteiger partial charge on any atom is 0.242 e. The smallest absolute Gasteiger partial charge is 0.242 e. The van der Waals surface area contributed by atoms with Crippen molar-refractivity contribution in [3.63, 3.8) is 0 Å². The topological polar surface area (TPSA) is 58.2 Å². The number of thiophene rings is 1. The van der Waals surface area contributed by atoms with E-state index in [9.17, 15) is 8.42 Å². The summed E-state index contributed by atoms with van der Waals surface area (Å²) < 4.78 is 28.8. The molecule has 0 unspecified atom stereocenters. The zero-order valence-electron chi connectivity index (χ0n) is 11.9. The summed E-state index contributed by atoms with van der Waals surface area (Å²) in [6.45, 7) is 7.05. The lowest BCUT2D eigenvalue weighted by atomic mass is 10.2. The Morgan fingerprint density at radius 2 is 1.95 bits per heavy atom. The summed E-state index contributed by atoms with van der Waals surface area (Å²) in [6.07, 6.45) is 0. The van der Waals surface area contributed by atoms with Gasteiger partial charge < -0.3 is 5.32 Å². The number of nitrogens with one attached hydrogen (secondary N) is 2. The van der Waals surface area contributed by atoms with Crippen molar-refractivity contribution >= 4 is 31.4 Å². The summed E-state index contributed by atoms with van der Waals surface area (Å²) in [4.78, 5) is 1.29. The van der Waals surface area contributed by atoms with Crippen LogP contribution in [0.3, 0.4) is 0 Å². The Kier molecular flexibility index (Phi) is 4.80. The number of benzene rings is 1. The van der Waals surface area contributed by atoms with E-state index in [1.54, 1.807) is 0 Å². The molecule has 0 atom stereocenters. The maximum atomic E-state index is 12.6. The second kappa shape index (κ2) is 6.22. The van der Waals surface area contributed by atoms with Crippen molar-refractivity contribution in [2.24, 2.45) is 0 Å². The molecule has 0 amide bonds. The first-order valence-corrected chi connectivity index (χ1v) is 8.99. The highest BCUT2D eigenvalue weighted by Gasteiger charge is 2.24. The number of hydrogen-bond donors (Lipinski definition) is 2. The first-order valence-electron chi connectivity index (χ1n) is 6.69. The van der Waals surface area contributed by atoms with Crippen LogP contribution in [0, 0.1) is 0 Å². The highest BCUT2D eigenvalue weighted by atomic mass is 32.2. The van der Waals surface area contributed by atoms with Crippen molar-refractivity contribution in [3.05, 3.63) is 29.1 Å². The molecule has 0 bridgehead atoms. The summed E-state index contributed by atoms with van der Waals surface area (Å²) in [7, 11) is -3.48. The normalized spacial score (nSPS) is 12.4. The van der Waals surface area contributed by atoms with Crippen LogP contribution in [0.2, 0.25) is 0 Å². The van der Waals surface area contributed by atoms with Gasteiger partial charge in [-0.05, 0) is 26.5 Å². The molecule has 0 fully saturated rings. The summed E-state index contributed by atoms with van der Waals surface area (Å²) >= 11 is 1.54. The van der Waals surface area contributed by atoms with Crippen molar-refractivity contribution in [2.75, 3.05) is 6.54 Å². The van der Waals surface area contributed by atoms with Crippen molar-refractivity contribution in [1.29, 1.82) is 0 Å². The average molecular weight is 312 g/mol. The molecule has 2 aromatic rings. The summed E-state index contributed by atoms with van der Waals surface area (Å²) in [5.41, 5.74) is 0. The lowest BCUT2D eigenvalue weighted by Gasteiger charge is -2.11. The standard InChI is InChI=1S/C14H20N2O2S2/c1-4-15-9-13-14(20(17,18)16-10(2)3)11-7-5-6-8-12(11)19-13/h5-8,10,15-16H,4,9H2,1-3H3. The molecule has 1 heterocycles. The van der Waals surface area contributed by atoms with Crippen LogP contribution in [0.1, 0.15) is 25.6 Å². The minimum atomic E-state index is -3.48. The van der Waals surface area contributed by atoms with Gasteiger partial charge in [-0.2, -0.15) is 0 Å². The molecule has 0 saturated heterocycles. The SMILES string of the molecule is CCNCc1sc2ccccc2c1S(=O)(=O)NC(C)C. The van der Waals surface area contributed by atoms with E-state index < -0.39 is 10.0 Å². The van der Waals surface area contributed by atoms with E-state index in [0.29, 0.717) is 11.4 Å². The van der Waals surface area contributed by atoms with E-state index in [4.69, 9.17) is 0 Å². The molecule has 0 aliphatic carbocycles. The van der Waals surface area contributed by atoms with Gasteiger partial charge >= 0.3 is 0 Å². The third-order valence-corrected chi connectivity index (χ3v) is 5.90. The molecule has 0 aliphatic heterocycles. The molecule has 2 rings (SSSR count). The summed E-state index contributed by atoms with van der Waals surface area (Å²) in [6, 6.07) is 7.52. The zero-order chi connectivity index (χ0) is 14.8. The molecule has 1 aromatic carbocycles. The van der Waals surface area contributed by atoms with Gasteiger partial charge in [0.2, 0.25) is 10.0 Å². The second-order valence-electron chi connectivity index (χ2n) is 4.91. The van der Waals surface area contributed by atoms with Crippen LogP contribution in [-0.4, -0.2) is 21.0 Å². The van der Waals surface area contributed by atoms with Gasteiger partial charge in [0, 0.05) is 27.5 Å². The molecule has 6 heteroatoms. The van der Waals surface area contributed by atoms with Gasteiger partial charge in [0.15, 0.2) is 0 Å². The molecule has 0 aliphatic rings. The number of sulfonamides is 1. The lowest BCUT2D eigenvalue weighted by molar-refractivity contribution is 0.569. The van der Waals surface area contributed by atoms with Gasteiger partial charge in [-0.25, -0.2) is 13.1 Å². The van der Waals surface area contributed by atoms with Gasteiger partial charge in [-0.3, -0.25) is 0 Å². The van der Waals surface area contributed by atoms with Crippen molar-refractivity contribution in [1.82, 2.24) is 10.0 Å². The molecule has 4 nitrogen and oxygen atoms in total. The van der Waals surface area contributed by atoms with Crippen LogP contribution in [0.5, 0.6) is 0 Å². The maximum absolute atomic E-state index is 12.6. The highest BCUT2D eigenvalue weighted by molar-refractivity contribution is 7.90. The van der Waals surface area contributed by atoms with E-state index in [2.05, 4.69) is 10.0 Å². The van der Waals surface area contributed by atoms with Gasteiger partial charge in [0.05, 0.1) is 0 Å². The van der Waals surface area contributed by atoms with E-state index >= 15 is 0 Å². The molecule has 2 N–H and O–H groups in total. The number of fused-ring (bicyclic) bond motifs is 1. The third-order valence-electron chi connectivity index (χ3n) is 2.81. The highest BCUT2D eigenvalue weighted by Crippen LogP contribution is 2.34. The van der Waals surface area contributed by atoms with Crippen molar-refractivity contribution in [3.8, 4) is 0 Å². The molecule has 110 valence electrons. The molecular weight excluding hydrogens is 292 g/mol. The first-order chi connectivity index (χ1) is 9.45. The van der Waals surface area contributed by atoms with Crippen LogP contribution in [0.25, 0.3) is 10.1 Å². The van der Waals surface area contributed by atoms with Gasteiger partial charge in [0.25, 0.3) is 0 Å². The van der Waals surface area contributed by atoms with E-state index in [0.717, 1.165) is 21.5 Å². The predicted octanol–water partition coefficient (Wildman–Crippen LogP) is 2.70. The monoisotopic (exact) mass is 312 g/mol. The van der Waals surface area contributed by atoms with Crippen LogP contribution >= 0.6 is 11.3 Å². The van der Waals surface area contributed by atoms with Crippen molar-refractivity contribution < 1.29 is 8.42 Å². The van der Waals surface area contributed by atoms with E-state index in [1.807, 2.05) is 45.0 Å². The summed E-state index contributed by atoms with van der Waals surface area (Å²) in [5.74, 6) is 0. The Labute approximate surface area is 124 Å². The van der Waals surface area contributed by atoms with E-state index in [-0.39, 0.29) is 6.04 Å². The zero-order valence-corrected chi connectivity index (χ0v) is 13.6. The second-order valence-corrected chi connectivity index (χ2v) is 7.69. The fourth-order valence-electron chi connectivity index (χ4n) is 2.09. The Morgan fingerprint density at radius 1 is 1.25 bits per heavy atom. The Balaban J connectivity index is 2.58. The molecule has 1 aromatic heterocycles. The van der Waals surface area contributed by atoms with Crippen LogP contribution < -0.4 is 10.0 Å². The minimum absolute atomic E-state index is 0.120. The Hall–Kier alpha value is -0.950. The largest absolute Gasteiger partial charge is 0.312 e. The van der Waals surface area contributed by atoms with Crippen LogP contribution in [0.4, 0.5) is 0 Å². The molecule has 0 spiro atoms. The number of rotatable bonds is 6. The predicted molar refractivity (Wildman–Crippen MR) is 84.7 cm³/mol. The fraction of sp³-hybridized carbons (Fsp3) is 0.429. The van der Waals surface area contributed by atoms with Gasteiger partial charge in [-0.1, -0.05) is 25.1 Å². The quantitative estimate of drug-likeness (QED) is 0.862. The molecule has 20 heavy (non-hydrogen) atoms.